The third-order valence-corrected chi connectivity index (χ3v) is 4.81. The summed E-state index contributed by atoms with van der Waals surface area (Å²) in [4.78, 5) is 14.5. The van der Waals surface area contributed by atoms with Crippen LogP contribution in [0.15, 0.2) is 42.6 Å². The van der Waals surface area contributed by atoms with Crippen LogP contribution in [0.5, 0.6) is 0 Å². The van der Waals surface area contributed by atoms with Gasteiger partial charge in [-0.2, -0.15) is 5.10 Å². The second-order valence-electron chi connectivity index (χ2n) is 6.83. The molecule has 0 unspecified atom stereocenters. The first-order valence-electron chi connectivity index (χ1n) is 9.42. The Morgan fingerprint density at radius 2 is 2.12 bits per heavy atom. The summed E-state index contributed by atoms with van der Waals surface area (Å²) in [5.41, 5.74) is 1.15. The largest absolute Gasteiger partial charge is 0.449 e. The van der Waals surface area contributed by atoms with Crippen molar-refractivity contribution in [3.8, 4) is 0 Å². The highest BCUT2D eigenvalue weighted by Gasteiger charge is 2.33. The predicted molar refractivity (Wildman–Crippen MR) is 102 cm³/mol. The molecule has 0 bridgehead atoms. The number of hydrogen-bond acceptors (Lipinski definition) is 4. The zero-order chi connectivity index (χ0) is 18.4. The number of carbonyl (C=O) groups excluding carboxylic acids is 1. The van der Waals surface area contributed by atoms with Crippen LogP contribution in [0.4, 0.5) is 10.6 Å². The molecule has 2 heterocycles. The Bertz CT molecular complexity index is 701. The second-order valence-corrected chi connectivity index (χ2v) is 6.83. The van der Waals surface area contributed by atoms with Gasteiger partial charge in [0.25, 0.3) is 0 Å². The highest BCUT2D eigenvalue weighted by Crippen LogP contribution is 2.32. The number of ether oxygens (including phenoxy) is 1. The van der Waals surface area contributed by atoms with E-state index in [1.54, 1.807) is 4.68 Å². The summed E-state index contributed by atoms with van der Waals surface area (Å²) < 4.78 is 7.27. The zero-order valence-corrected chi connectivity index (χ0v) is 15.6. The number of aryl methyl sites for hydroxylation is 1. The fourth-order valence-corrected chi connectivity index (χ4v) is 3.39. The van der Waals surface area contributed by atoms with Gasteiger partial charge < -0.3 is 15.0 Å². The minimum absolute atomic E-state index is 0.0142. The molecule has 2 atom stereocenters. The van der Waals surface area contributed by atoms with Crippen LogP contribution in [0.2, 0.25) is 0 Å². The molecule has 3 rings (SSSR count). The van der Waals surface area contributed by atoms with Gasteiger partial charge in [0.15, 0.2) is 0 Å². The van der Waals surface area contributed by atoms with Crippen LogP contribution < -0.4 is 5.32 Å². The molecule has 0 saturated carbocycles. The van der Waals surface area contributed by atoms with Gasteiger partial charge in [-0.3, -0.25) is 4.68 Å². The van der Waals surface area contributed by atoms with E-state index in [-0.39, 0.29) is 18.2 Å². The summed E-state index contributed by atoms with van der Waals surface area (Å²) in [5, 5.41) is 7.91. The molecular formula is C20H28N4O2. The van der Waals surface area contributed by atoms with Crippen molar-refractivity contribution >= 4 is 11.9 Å². The number of amides is 1. The molecular weight excluding hydrogens is 328 g/mol. The molecule has 1 aliphatic heterocycles. The molecule has 2 aromatic rings. The topological polar surface area (TPSA) is 59.4 Å². The third kappa shape index (κ3) is 4.56. The van der Waals surface area contributed by atoms with Crippen molar-refractivity contribution in [1.29, 1.82) is 0 Å². The smallest absolute Gasteiger partial charge is 0.410 e. The van der Waals surface area contributed by atoms with E-state index in [9.17, 15) is 4.79 Å². The highest BCUT2D eigenvalue weighted by molar-refractivity contribution is 5.68. The lowest BCUT2D eigenvalue weighted by Gasteiger charge is -2.39. The van der Waals surface area contributed by atoms with Gasteiger partial charge in [-0.15, -0.1) is 0 Å². The quantitative estimate of drug-likeness (QED) is 0.796. The van der Waals surface area contributed by atoms with Crippen molar-refractivity contribution in [1.82, 2.24) is 14.7 Å². The van der Waals surface area contributed by atoms with Crippen molar-refractivity contribution in [2.45, 2.75) is 44.7 Å². The molecule has 1 aromatic heterocycles. The average molecular weight is 356 g/mol. The fraction of sp³-hybridized carbons (Fsp3) is 0.500. The molecule has 1 aromatic carbocycles. The van der Waals surface area contributed by atoms with E-state index in [1.807, 2.05) is 42.4 Å². The monoisotopic (exact) mass is 356 g/mol. The maximum Gasteiger partial charge on any atom is 0.410 e. The van der Waals surface area contributed by atoms with Crippen molar-refractivity contribution in [3.05, 3.63) is 48.2 Å². The van der Waals surface area contributed by atoms with Gasteiger partial charge in [-0.05, 0) is 24.8 Å². The SMILES string of the molecule is CCCCOC(=O)N1CC[C@H](Nc2ccn(C)n2)C[C@H]1c1ccccc1. The number of aromatic nitrogens is 2. The molecule has 26 heavy (non-hydrogen) atoms. The van der Waals surface area contributed by atoms with Crippen LogP contribution in [-0.2, 0) is 11.8 Å². The van der Waals surface area contributed by atoms with E-state index >= 15 is 0 Å². The Morgan fingerprint density at radius 3 is 2.81 bits per heavy atom. The molecule has 1 saturated heterocycles. The summed E-state index contributed by atoms with van der Waals surface area (Å²) in [5.74, 6) is 0.878. The van der Waals surface area contributed by atoms with Crippen molar-refractivity contribution in [3.63, 3.8) is 0 Å². The third-order valence-electron chi connectivity index (χ3n) is 4.81. The maximum absolute atomic E-state index is 12.6. The number of nitrogens with zero attached hydrogens (tertiary/aromatic N) is 3. The molecule has 1 amide bonds. The summed E-state index contributed by atoms with van der Waals surface area (Å²) >= 11 is 0. The standard InChI is InChI=1S/C20H28N4O2/c1-3-4-14-26-20(25)24-13-10-17(21-19-11-12-23(2)22-19)15-18(24)16-8-6-5-7-9-16/h5-9,11-12,17-18H,3-4,10,13-15H2,1-2H3,(H,21,22)/t17-,18-/m0/s1. The number of likely N-dealkylation sites (tertiary alicyclic amines) is 1. The normalized spacial score (nSPS) is 20.0. The van der Waals surface area contributed by atoms with Crippen molar-refractivity contribution in [2.24, 2.45) is 7.05 Å². The first-order chi connectivity index (χ1) is 12.7. The Balaban J connectivity index is 1.71. The van der Waals surface area contributed by atoms with E-state index in [4.69, 9.17) is 4.74 Å². The van der Waals surface area contributed by atoms with E-state index in [1.165, 1.54) is 0 Å². The van der Waals surface area contributed by atoms with Crippen LogP contribution >= 0.6 is 0 Å². The Kier molecular flexibility index (Phi) is 6.15. The molecule has 1 aliphatic rings. The lowest BCUT2D eigenvalue weighted by molar-refractivity contribution is 0.0699. The molecule has 1 fully saturated rings. The predicted octanol–water partition coefficient (Wildman–Crippen LogP) is 3.97. The molecule has 0 radical (unpaired) electrons. The van der Waals surface area contributed by atoms with Gasteiger partial charge >= 0.3 is 6.09 Å². The van der Waals surface area contributed by atoms with Crippen LogP contribution in [0, 0.1) is 0 Å². The Labute approximate surface area is 155 Å². The summed E-state index contributed by atoms with van der Waals surface area (Å²) in [6.07, 6.45) is 5.36. The molecule has 6 nitrogen and oxygen atoms in total. The molecule has 0 spiro atoms. The van der Waals surface area contributed by atoms with Crippen LogP contribution in [0.25, 0.3) is 0 Å². The lowest BCUT2D eigenvalue weighted by Crippen LogP contribution is -2.45. The maximum atomic E-state index is 12.6. The van der Waals surface area contributed by atoms with E-state index < -0.39 is 0 Å². The van der Waals surface area contributed by atoms with Gasteiger partial charge in [0, 0.05) is 31.9 Å². The summed E-state index contributed by atoms with van der Waals surface area (Å²) in [6.45, 7) is 3.26. The van der Waals surface area contributed by atoms with Gasteiger partial charge in [-0.1, -0.05) is 43.7 Å². The number of rotatable bonds is 6. The molecule has 6 heteroatoms. The van der Waals surface area contributed by atoms with Gasteiger partial charge in [0.2, 0.25) is 0 Å². The van der Waals surface area contributed by atoms with E-state index in [2.05, 4.69) is 29.5 Å². The van der Waals surface area contributed by atoms with Crippen molar-refractivity contribution < 1.29 is 9.53 Å². The summed E-state index contributed by atoms with van der Waals surface area (Å²) in [7, 11) is 1.91. The molecule has 1 N–H and O–H groups in total. The number of carbonyl (C=O) groups is 1. The Hall–Kier alpha value is -2.50. The first kappa shape index (κ1) is 18.3. The van der Waals surface area contributed by atoms with Crippen LogP contribution in [0.1, 0.15) is 44.2 Å². The number of nitrogens with one attached hydrogen (secondary N) is 1. The van der Waals surface area contributed by atoms with Gasteiger partial charge in [0.05, 0.1) is 12.6 Å². The summed E-state index contributed by atoms with van der Waals surface area (Å²) in [6, 6.07) is 12.5. The minimum atomic E-state index is -0.205. The fourth-order valence-electron chi connectivity index (χ4n) is 3.39. The van der Waals surface area contributed by atoms with Gasteiger partial charge in [0.1, 0.15) is 5.82 Å². The van der Waals surface area contributed by atoms with E-state index in [0.717, 1.165) is 37.1 Å². The average Bonchev–Trinajstić information content (AvgIpc) is 3.07. The Morgan fingerprint density at radius 1 is 1.31 bits per heavy atom. The molecule has 140 valence electrons. The van der Waals surface area contributed by atoms with Crippen LogP contribution in [-0.4, -0.2) is 40.0 Å². The van der Waals surface area contributed by atoms with Gasteiger partial charge in [-0.25, -0.2) is 4.79 Å². The first-order valence-corrected chi connectivity index (χ1v) is 9.42. The van der Waals surface area contributed by atoms with Crippen molar-refractivity contribution in [2.75, 3.05) is 18.5 Å². The lowest BCUT2D eigenvalue weighted by atomic mass is 9.92. The minimum Gasteiger partial charge on any atom is -0.449 e. The second kappa shape index (κ2) is 8.74. The molecule has 0 aliphatic carbocycles. The number of anilines is 1. The zero-order valence-electron chi connectivity index (χ0n) is 15.6. The highest BCUT2D eigenvalue weighted by atomic mass is 16.6. The number of hydrogen-bond donors (Lipinski definition) is 1. The number of piperidine rings is 1. The van der Waals surface area contributed by atoms with E-state index in [0.29, 0.717) is 13.2 Å². The number of unbranched alkanes of at least 4 members (excludes halogenated alkanes) is 1. The number of benzene rings is 1. The van der Waals surface area contributed by atoms with Crippen LogP contribution in [0.3, 0.4) is 0 Å².